The van der Waals surface area contributed by atoms with Crippen LogP contribution in [0, 0.1) is 30.1 Å². The van der Waals surface area contributed by atoms with Crippen LogP contribution >= 0.6 is 0 Å². The van der Waals surface area contributed by atoms with Crippen LogP contribution in [0.3, 0.4) is 0 Å². The number of pyridine rings is 1. The van der Waals surface area contributed by atoms with Gasteiger partial charge in [-0.25, -0.2) is 10.2 Å². The zero-order chi connectivity index (χ0) is 20.7. The second-order valence-electron chi connectivity index (χ2n) is 8.75. The molecule has 5 atom stereocenters. The molecule has 1 aromatic carbocycles. The van der Waals surface area contributed by atoms with Crippen molar-refractivity contribution in [1.82, 2.24) is 26.1 Å². The van der Waals surface area contributed by atoms with Crippen molar-refractivity contribution in [2.75, 3.05) is 6.54 Å². The molecule has 0 spiro atoms. The average Bonchev–Trinajstić information content (AvgIpc) is 3.15. The zero-order valence-electron chi connectivity index (χ0n) is 17.0. The van der Waals surface area contributed by atoms with Crippen molar-refractivity contribution in [1.29, 1.82) is 5.26 Å². The van der Waals surface area contributed by atoms with E-state index in [4.69, 9.17) is 5.26 Å². The van der Waals surface area contributed by atoms with E-state index in [0.29, 0.717) is 30.0 Å². The Bertz CT molecular complexity index is 1000. The van der Waals surface area contributed by atoms with Crippen LogP contribution in [0.2, 0.25) is 0 Å². The highest BCUT2D eigenvalue weighted by Gasteiger charge is 2.47. The van der Waals surface area contributed by atoms with Gasteiger partial charge in [0.15, 0.2) is 0 Å². The summed E-state index contributed by atoms with van der Waals surface area (Å²) in [6.45, 7) is 3.30. The van der Waals surface area contributed by atoms with E-state index in [1.165, 1.54) is 5.56 Å². The van der Waals surface area contributed by atoms with Gasteiger partial charge < -0.3 is 10.2 Å². The number of carbonyl (C=O) groups is 1. The Kier molecular flexibility index (Phi) is 4.89. The van der Waals surface area contributed by atoms with Crippen molar-refractivity contribution in [2.24, 2.45) is 11.8 Å². The summed E-state index contributed by atoms with van der Waals surface area (Å²) in [5.41, 5.74) is 10.9. The van der Waals surface area contributed by atoms with E-state index < -0.39 is 0 Å². The van der Waals surface area contributed by atoms with Gasteiger partial charge in [0.1, 0.15) is 0 Å². The van der Waals surface area contributed by atoms with Crippen molar-refractivity contribution in [3.05, 3.63) is 65.0 Å². The predicted molar refractivity (Wildman–Crippen MR) is 112 cm³/mol. The second-order valence-corrected chi connectivity index (χ2v) is 8.75. The molecule has 7 heteroatoms. The number of rotatable bonds is 3. The van der Waals surface area contributed by atoms with Crippen molar-refractivity contribution < 1.29 is 4.79 Å². The number of aryl methyl sites for hydroxylation is 1. The van der Waals surface area contributed by atoms with Gasteiger partial charge in [0.2, 0.25) is 0 Å². The van der Waals surface area contributed by atoms with E-state index in [1.807, 2.05) is 36.2 Å². The number of hydrogen-bond donors (Lipinski definition) is 3. The van der Waals surface area contributed by atoms with Crippen LogP contribution in [-0.2, 0) is 6.54 Å². The molecule has 3 aliphatic rings. The number of nitriles is 1. The van der Waals surface area contributed by atoms with Gasteiger partial charge >= 0.3 is 6.03 Å². The fourth-order valence-corrected chi connectivity index (χ4v) is 5.34. The summed E-state index contributed by atoms with van der Waals surface area (Å²) < 4.78 is 0. The smallest absolute Gasteiger partial charge is 0.317 e. The summed E-state index contributed by atoms with van der Waals surface area (Å²) in [5.74, 6) is 0.891. The number of benzene rings is 1. The van der Waals surface area contributed by atoms with Gasteiger partial charge in [0, 0.05) is 37.1 Å². The second kappa shape index (κ2) is 7.71. The number of hydrazine groups is 1. The van der Waals surface area contributed by atoms with Crippen molar-refractivity contribution in [3.63, 3.8) is 0 Å². The summed E-state index contributed by atoms with van der Waals surface area (Å²) >= 11 is 0. The summed E-state index contributed by atoms with van der Waals surface area (Å²) in [5, 5.41) is 12.4. The van der Waals surface area contributed by atoms with Crippen LogP contribution in [0.5, 0.6) is 0 Å². The molecule has 0 radical (unpaired) electrons. The maximum atomic E-state index is 12.7. The Hall–Kier alpha value is -2.95. The monoisotopic (exact) mass is 402 g/mol. The van der Waals surface area contributed by atoms with Crippen molar-refractivity contribution >= 4 is 6.03 Å². The lowest BCUT2D eigenvalue weighted by molar-refractivity contribution is 0.0961. The van der Waals surface area contributed by atoms with E-state index in [-0.39, 0.29) is 18.1 Å². The maximum absolute atomic E-state index is 12.7. The topological polar surface area (TPSA) is 93.1 Å². The molecular formula is C23H26N6O. The van der Waals surface area contributed by atoms with Gasteiger partial charge in [-0.3, -0.25) is 10.4 Å². The molecule has 2 amide bonds. The van der Waals surface area contributed by atoms with E-state index in [0.717, 1.165) is 30.6 Å². The van der Waals surface area contributed by atoms with Crippen LogP contribution < -0.4 is 16.2 Å². The highest BCUT2D eigenvalue weighted by atomic mass is 16.2. The number of carbonyl (C=O) groups excluding carboxylic acids is 1. The van der Waals surface area contributed by atoms with E-state index in [2.05, 4.69) is 39.4 Å². The van der Waals surface area contributed by atoms with Gasteiger partial charge in [0.05, 0.1) is 17.7 Å². The molecule has 1 saturated carbocycles. The fourth-order valence-electron chi connectivity index (χ4n) is 5.34. The summed E-state index contributed by atoms with van der Waals surface area (Å²) in [7, 11) is 0. The average molecular weight is 403 g/mol. The molecule has 0 bridgehead atoms. The van der Waals surface area contributed by atoms with Crippen LogP contribution in [-0.4, -0.2) is 34.5 Å². The highest BCUT2D eigenvalue weighted by Crippen LogP contribution is 2.41. The Morgan fingerprint density at radius 2 is 2.10 bits per heavy atom. The molecule has 5 rings (SSSR count). The SMILES string of the molecule is Cc1cc(C2NNC3CC4NC(=O)N(Cc5cccc(C#N)c5)CC4CC32)ccn1. The third-order valence-electron chi connectivity index (χ3n) is 6.78. The molecule has 5 unspecified atom stereocenters. The Morgan fingerprint density at radius 3 is 2.93 bits per heavy atom. The third-order valence-corrected chi connectivity index (χ3v) is 6.78. The molecule has 3 fully saturated rings. The number of fused-ring (bicyclic) bond motifs is 2. The van der Waals surface area contributed by atoms with Crippen molar-refractivity contribution in [2.45, 2.75) is 44.4 Å². The summed E-state index contributed by atoms with van der Waals surface area (Å²) in [4.78, 5) is 18.9. The summed E-state index contributed by atoms with van der Waals surface area (Å²) in [6, 6.07) is 14.7. The maximum Gasteiger partial charge on any atom is 0.317 e. The van der Waals surface area contributed by atoms with Gasteiger partial charge in [-0.05, 0) is 67.0 Å². The quantitative estimate of drug-likeness (QED) is 0.733. The number of hydrogen-bond acceptors (Lipinski definition) is 5. The molecular weight excluding hydrogens is 376 g/mol. The molecule has 154 valence electrons. The molecule has 2 aliphatic heterocycles. The largest absolute Gasteiger partial charge is 0.335 e. The van der Waals surface area contributed by atoms with Gasteiger partial charge in [-0.2, -0.15) is 5.26 Å². The van der Waals surface area contributed by atoms with Crippen molar-refractivity contribution in [3.8, 4) is 6.07 Å². The molecule has 1 aliphatic carbocycles. The highest BCUT2D eigenvalue weighted by molar-refractivity contribution is 5.75. The predicted octanol–water partition coefficient (Wildman–Crippen LogP) is 2.40. The fraction of sp³-hybridized carbons (Fsp3) is 0.435. The number of amides is 2. The lowest BCUT2D eigenvalue weighted by atomic mass is 9.71. The number of urea groups is 1. The lowest BCUT2D eigenvalue weighted by Crippen LogP contribution is -2.60. The van der Waals surface area contributed by atoms with Crippen LogP contribution in [0.25, 0.3) is 0 Å². The number of aromatic nitrogens is 1. The molecule has 2 aromatic rings. The minimum Gasteiger partial charge on any atom is -0.335 e. The first-order chi connectivity index (χ1) is 14.6. The Balaban J connectivity index is 1.31. The molecule has 7 nitrogen and oxygen atoms in total. The minimum absolute atomic E-state index is 0.00988. The van der Waals surface area contributed by atoms with Crippen LogP contribution in [0.1, 0.15) is 41.3 Å². The number of nitrogens with zero attached hydrogens (tertiary/aromatic N) is 3. The Morgan fingerprint density at radius 1 is 1.20 bits per heavy atom. The Labute approximate surface area is 176 Å². The standard InChI is InChI=1S/C23H26N6O/c1-14-7-17(5-6-25-14)22-19-9-18-13-29(12-16-4-2-3-15(8-16)11-24)23(30)26-20(18)10-21(19)27-28-22/h2-8,18-22,27-28H,9-10,12-13H2,1H3,(H,26,30). The van der Waals surface area contributed by atoms with Gasteiger partial charge in [-0.15, -0.1) is 0 Å². The van der Waals surface area contributed by atoms with E-state index in [1.54, 1.807) is 6.07 Å². The van der Waals surface area contributed by atoms with E-state index >= 15 is 0 Å². The van der Waals surface area contributed by atoms with Crippen LogP contribution in [0.4, 0.5) is 4.79 Å². The first kappa shape index (κ1) is 19.0. The normalized spacial score (nSPS) is 30.2. The molecule has 1 aromatic heterocycles. The minimum atomic E-state index is -0.00988. The van der Waals surface area contributed by atoms with Gasteiger partial charge in [-0.1, -0.05) is 12.1 Å². The molecule has 3 N–H and O–H groups in total. The van der Waals surface area contributed by atoms with E-state index in [9.17, 15) is 4.79 Å². The van der Waals surface area contributed by atoms with Gasteiger partial charge in [0.25, 0.3) is 0 Å². The molecule has 30 heavy (non-hydrogen) atoms. The number of nitrogens with one attached hydrogen (secondary N) is 3. The molecule has 2 saturated heterocycles. The molecule has 3 heterocycles. The lowest BCUT2D eigenvalue weighted by Gasteiger charge is -2.45. The summed E-state index contributed by atoms with van der Waals surface area (Å²) in [6.07, 6.45) is 3.87. The third kappa shape index (κ3) is 3.53. The van der Waals surface area contributed by atoms with Crippen LogP contribution in [0.15, 0.2) is 42.6 Å². The first-order valence-corrected chi connectivity index (χ1v) is 10.6. The zero-order valence-corrected chi connectivity index (χ0v) is 17.0. The first-order valence-electron chi connectivity index (χ1n) is 10.6.